The number of benzene rings is 2. The van der Waals surface area contributed by atoms with Gasteiger partial charge in [-0.05, 0) is 11.1 Å². The summed E-state index contributed by atoms with van der Waals surface area (Å²) >= 11 is 0. The van der Waals surface area contributed by atoms with Crippen LogP contribution in [0.3, 0.4) is 0 Å². The minimum Gasteiger partial charge on any atom is -0.466 e. The molecule has 27 heavy (non-hydrogen) atoms. The SMILES string of the molecule is COC(=O)/C=C/C(COCc1ccccc1)NC(=O)OCc1ccccc1. The number of amides is 1. The highest BCUT2D eigenvalue weighted by molar-refractivity contribution is 5.82. The number of carbonyl (C=O) groups excluding carboxylic acids is 2. The van der Waals surface area contributed by atoms with Gasteiger partial charge in [-0.2, -0.15) is 0 Å². The van der Waals surface area contributed by atoms with Gasteiger partial charge in [-0.3, -0.25) is 0 Å². The first kappa shape index (κ1) is 20.2. The summed E-state index contributed by atoms with van der Waals surface area (Å²) < 4.78 is 15.4. The Labute approximate surface area is 158 Å². The zero-order valence-corrected chi connectivity index (χ0v) is 15.2. The van der Waals surface area contributed by atoms with Gasteiger partial charge >= 0.3 is 12.1 Å². The molecular formula is C21H23NO5. The highest BCUT2D eigenvalue weighted by atomic mass is 16.5. The van der Waals surface area contributed by atoms with Gasteiger partial charge in [0, 0.05) is 6.08 Å². The highest BCUT2D eigenvalue weighted by Crippen LogP contribution is 2.03. The zero-order chi connectivity index (χ0) is 19.3. The lowest BCUT2D eigenvalue weighted by molar-refractivity contribution is -0.134. The maximum atomic E-state index is 12.0. The van der Waals surface area contributed by atoms with Crippen molar-refractivity contribution in [3.8, 4) is 0 Å². The fourth-order valence-corrected chi connectivity index (χ4v) is 2.20. The Bertz CT molecular complexity index is 731. The largest absolute Gasteiger partial charge is 0.466 e. The fraction of sp³-hybridized carbons (Fsp3) is 0.238. The van der Waals surface area contributed by atoms with Crippen LogP contribution in [0.1, 0.15) is 11.1 Å². The van der Waals surface area contributed by atoms with E-state index in [1.54, 1.807) is 0 Å². The molecule has 0 radical (unpaired) electrons. The van der Waals surface area contributed by atoms with Crippen molar-refractivity contribution >= 4 is 12.1 Å². The Morgan fingerprint density at radius 3 is 2.15 bits per heavy atom. The van der Waals surface area contributed by atoms with Gasteiger partial charge in [0.2, 0.25) is 0 Å². The van der Waals surface area contributed by atoms with Crippen molar-refractivity contribution in [1.29, 1.82) is 0 Å². The second-order valence-electron chi connectivity index (χ2n) is 5.70. The summed E-state index contributed by atoms with van der Waals surface area (Å²) in [6, 6.07) is 18.5. The summed E-state index contributed by atoms with van der Waals surface area (Å²) in [4.78, 5) is 23.3. The predicted molar refractivity (Wildman–Crippen MR) is 101 cm³/mol. The lowest BCUT2D eigenvalue weighted by Crippen LogP contribution is -2.37. The molecule has 0 fully saturated rings. The second kappa shape index (κ2) is 11.5. The molecule has 6 nitrogen and oxygen atoms in total. The summed E-state index contributed by atoms with van der Waals surface area (Å²) in [6.45, 7) is 0.734. The standard InChI is InChI=1S/C21H23NO5/c1-25-20(23)13-12-19(16-26-14-17-8-4-2-5-9-17)22-21(24)27-15-18-10-6-3-7-11-18/h2-13,19H,14-16H2,1H3,(H,22,24)/b13-12+. The first-order valence-corrected chi connectivity index (χ1v) is 8.52. The van der Waals surface area contributed by atoms with Crippen molar-refractivity contribution in [3.63, 3.8) is 0 Å². The van der Waals surface area contributed by atoms with Crippen LogP contribution in [-0.4, -0.2) is 31.8 Å². The van der Waals surface area contributed by atoms with E-state index in [-0.39, 0.29) is 13.2 Å². The van der Waals surface area contributed by atoms with Gasteiger partial charge in [0.05, 0.1) is 26.4 Å². The molecule has 0 bridgehead atoms. The molecule has 0 aliphatic carbocycles. The van der Waals surface area contributed by atoms with Crippen molar-refractivity contribution in [2.45, 2.75) is 19.3 Å². The van der Waals surface area contributed by atoms with Gasteiger partial charge in [-0.1, -0.05) is 66.7 Å². The van der Waals surface area contributed by atoms with Gasteiger partial charge in [-0.15, -0.1) is 0 Å². The highest BCUT2D eigenvalue weighted by Gasteiger charge is 2.12. The topological polar surface area (TPSA) is 73.9 Å². The van der Waals surface area contributed by atoms with Crippen LogP contribution in [0.2, 0.25) is 0 Å². The van der Waals surface area contributed by atoms with E-state index >= 15 is 0 Å². The Hall–Kier alpha value is -3.12. The van der Waals surface area contributed by atoms with Crippen LogP contribution in [0.5, 0.6) is 0 Å². The lowest BCUT2D eigenvalue weighted by Gasteiger charge is -2.15. The van der Waals surface area contributed by atoms with Gasteiger partial charge < -0.3 is 19.5 Å². The number of hydrogen-bond donors (Lipinski definition) is 1. The third-order valence-corrected chi connectivity index (χ3v) is 3.59. The number of esters is 1. The molecule has 2 aromatic rings. The van der Waals surface area contributed by atoms with Crippen LogP contribution in [0.4, 0.5) is 4.79 Å². The molecule has 2 aromatic carbocycles. The second-order valence-corrected chi connectivity index (χ2v) is 5.70. The Morgan fingerprint density at radius 2 is 1.56 bits per heavy atom. The summed E-state index contributed by atoms with van der Waals surface area (Å²) in [5.74, 6) is -0.512. The third kappa shape index (κ3) is 8.20. The molecule has 0 heterocycles. The molecule has 142 valence electrons. The lowest BCUT2D eigenvalue weighted by atomic mass is 10.2. The molecule has 1 unspecified atom stereocenters. The van der Waals surface area contributed by atoms with Crippen LogP contribution < -0.4 is 5.32 Å². The minimum atomic E-state index is -0.596. The van der Waals surface area contributed by atoms with Crippen LogP contribution >= 0.6 is 0 Å². The molecule has 2 rings (SSSR count). The average molecular weight is 369 g/mol. The van der Waals surface area contributed by atoms with Gasteiger partial charge in [0.15, 0.2) is 0 Å². The summed E-state index contributed by atoms with van der Waals surface area (Å²) in [6.07, 6.45) is 2.16. The maximum absolute atomic E-state index is 12.0. The molecule has 0 aromatic heterocycles. The summed E-state index contributed by atoms with van der Waals surface area (Å²) in [5, 5.41) is 2.67. The van der Waals surface area contributed by atoms with E-state index in [4.69, 9.17) is 9.47 Å². The van der Waals surface area contributed by atoms with E-state index in [2.05, 4.69) is 10.1 Å². The van der Waals surface area contributed by atoms with Crippen LogP contribution in [0.25, 0.3) is 0 Å². The first-order valence-electron chi connectivity index (χ1n) is 8.52. The molecule has 0 aliphatic rings. The van der Waals surface area contributed by atoms with Crippen LogP contribution in [-0.2, 0) is 32.2 Å². The Kier molecular flexibility index (Phi) is 8.59. The molecular weight excluding hydrogens is 346 g/mol. The quantitative estimate of drug-likeness (QED) is 0.543. The van der Waals surface area contributed by atoms with Crippen molar-refractivity contribution in [2.24, 2.45) is 0 Å². The van der Waals surface area contributed by atoms with Crippen molar-refractivity contribution in [1.82, 2.24) is 5.32 Å². The number of methoxy groups -OCH3 is 1. The number of carbonyl (C=O) groups is 2. The molecule has 0 spiro atoms. The fourth-order valence-electron chi connectivity index (χ4n) is 2.20. The van der Waals surface area contributed by atoms with Gasteiger partial charge in [0.25, 0.3) is 0 Å². The summed E-state index contributed by atoms with van der Waals surface area (Å²) in [5.41, 5.74) is 1.90. The Morgan fingerprint density at radius 1 is 0.963 bits per heavy atom. The number of rotatable bonds is 9. The van der Waals surface area contributed by atoms with E-state index < -0.39 is 18.1 Å². The number of ether oxygens (including phenoxy) is 3. The monoisotopic (exact) mass is 369 g/mol. The minimum absolute atomic E-state index is 0.158. The smallest absolute Gasteiger partial charge is 0.408 e. The molecule has 6 heteroatoms. The molecule has 1 atom stereocenters. The Balaban J connectivity index is 1.85. The van der Waals surface area contributed by atoms with E-state index in [1.807, 2.05) is 60.7 Å². The van der Waals surface area contributed by atoms with Gasteiger partial charge in [0.1, 0.15) is 6.61 Å². The molecule has 1 N–H and O–H groups in total. The molecule has 0 saturated heterocycles. The maximum Gasteiger partial charge on any atom is 0.408 e. The van der Waals surface area contributed by atoms with Crippen molar-refractivity contribution < 1.29 is 23.8 Å². The normalized spacial score (nSPS) is 11.7. The molecule has 0 saturated carbocycles. The van der Waals surface area contributed by atoms with E-state index in [0.717, 1.165) is 11.1 Å². The van der Waals surface area contributed by atoms with Crippen molar-refractivity contribution in [2.75, 3.05) is 13.7 Å². The van der Waals surface area contributed by atoms with E-state index in [9.17, 15) is 9.59 Å². The third-order valence-electron chi connectivity index (χ3n) is 3.59. The summed E-state index contributed by atoms with van der Waals surface area (Å²) in [7, 11) is 1.29. The first-order chi connectivity index (χ1) is 13.2. The number of nitrogens with one attached hydrogen (secondary N) is 1. The molecule has 0 aliphatic heterocycles. The zero-order valence-electron chi connectivity index (χ0n) is 15.2. The van der Waals surface area contributed by atoms with Crippen LogP contribution in [0.15, 0.2) is 72.8 Å². The molecule has 1 amide bonds. The predicted octanol–water partition coefficient (Wildman–Crippen LogP) is 3.23. The number of alkyl carbamates (subject to hydrolysis) is 1. The van der Waals surface area contributed by atoms with Crippen molar-refractivity contribution in [3.05, 3.63) is 83.9 Å². The van der Waals surface area contributed by atoms with E-state index in [0.29, 0.717) is 6.61 Å². The van der Waals surface area contributed by atoms with Gasteiger partial charge in [-0.25, -0.2) is 9.59 Å². The average Bonchev–Trinajstić information content (AvgIpc) is 2.71. The van der Waals surface area contributed by atoms with Crippen LogP contribution in [0, 0.1) is 0 Å². The number of hydrogen-bond acceptors (Lipinski definition) is 5. The van der Waals surface area contributed by atoms with E-state index in [1.165, 1.54) is 19.3 Å².